The quantitative estimate of drug-likeness (QED) is 0.119. The van der Waals surface area contributed by atoms with Crippen molar-refractivity contribution in [2.75, 3.05) is 0 Å². The monoisotopic (exact) mass is 1530 g/mol. The topological polar surface area (TPSA) is 113 Å². The van der Waals surface area contributed by atoms with Gasteiger partial charge in [0.2, 0.25) is 0 Å². The number of furan rings is 2. The van der Waals surface area contributed by atoms with E-state index in [1.807, 2.05) is 84.9 Å². The molecule has 10 nitrogen and oxygen atoms in total. The molecule has 0 radical (unpaired) electrons. The minimum Gasteiger partial charge on any atom is -0.455 e. The van der Waals surface area contributed by atoms with E-state index in [1.165, 1.54) is 54.2 Å². The van der Waals surface area contributed by atoms with Crippen LogP contribution in [0.25, 0.3) is 233 Å². The summed E-state index contributed by atoms with van der Waals surface area (Å²) >= 11 is 0. The SMILES string of the molecule is c1ccc(-c2ccc(-c3nc(-c4ccccc4)nc(-c4ccc(-c5ccc(-n6c7ccccc7c7c8ccccc8ccc76)c6c5oc5ccccc56)cc4)n3)cc2)cc1.c1ccc(-c2cccc(-c3nc(-c4ccccc4)nc(-c4ccc(-c5ccc(-n6c7ccccc7c7ccc8ccccc8c76)c6c5oc5ccccc56)cc4)n3)c2)cc1. The molecule has 0 aliphatic rings. The molecule has 0 atom stereocenters. The predicted molar refractivity (Wildman–Crippen MR) is 492 cm³/mol. The molecule has 120 heavy (non-hydrogen) atoms. The summed E-state index contributed by atoms with van der Waals surface area (Å²) in [5.74, 6) is 3.73. The fourth-order valence-electron chi connectivity index (χ4n) is 17.6. The fraction of sp³-hybridized carbons (Fsp3) is 0. The number of hydrogen-bond donors (Lipinski definition) is 0. The van der Waals surface area contributed by atoms with Crippen LogP contribution in [-0.2, 0) is 0 Å². The van der Waals surface area contributed by atoms with E-state index in [4.69, 9.17) is 38.7 Å². The maximum Gasteiger partial charge on any atom is 0.164 e. The maximum absolute atomic E-state index is 6.83. The second kappa shape index (κ2) is 28.9. The Morgan fingerprint density at radius 2 is 0.525 bits per heavy atom. The number of fused-ring (bicyclic) bond motifs is 16. The third-order valence-corrected chi connectivity index (χ3v) is 23.3. The Bertz CT molecular complexity index is 8120. The minimum absolute atomic E-state index is 0.610. The van der Waals surface area contributed by atoms with Gasteiger partial charge in [0.05, 0.1) is 44.2 Å². The third kappa shape index (κ3) is 12.0. The zero-order valence-corrected chi connectivity index (χ0v) is 64.7. The highest BCUT2D eigenvalue weighted by Crippen LogP contribution is 2.47. The Balaban J connectivity index is 0.000000140. The highest BCUT2D eigenvalue weighted by Gasteiger charge is 2.26. The van der Waals surface area contributed by atoms with Crippen LogP contribution in [0.1, 0.15) is 0 Å². The van der Waals surface area contributed by atoms with Crippen molar-refractivity contribution in [2.24, 2.45) is 0 Å². The summed E-state index contributed by atoms with van der Waals surface area (Å²) in [5, 5.41) is 14.1. The number of nitrogens with zero attached hydrogens (tertiary/aromatic N) is 8. The normalized spacial score (nSPS) is 11.7. The van der Waals surface area contributed by atoms with Gasteiger partial charge in [0.15, 0.2) is 34.9 Å². The Labute approximate surface area is 689 Å². The molecule has 0 saturated heterocycles. The maximum atomic E-state index is 6.83. The highest BCUT2D eigenvalue weighted by atomic mass is 16.3. The molecule has 0 spiro atoms. The highest BCUT2D eigenvalue weighted by molar-refractivity contribution is 6.24. The molecule has 6 aromatic heterocycles. The molecule has 0 aliphatic carbocycles. The molecule has 560 valence electrons. The molecule has 0 unspecified atom stereocenters. The van der Waals surface area contributed by atoms with Gasteiger partial charge >= 0.3 is 0 Å². The van der Waals surface area contributed by atoms with E-state index < -0.39 is 0 Å². The molecule has 0 bridgehead atoms. The van der Waals surface area contributed by atoms with Crippen molar-refractivity contribution in [1.29, 1.82) is 0 Å². The number of aromatic nitrogens is 8. The molecule has 24 aromatic rings. The average molecular weight is 1530 g/mol. The second-order valence-corrected chi connectivity index (χ2v) is 30.3. The van der Waals surface area contributed by atoms with Gasteiger partial charge in [-0.1, -0.05) is 352 Å². The van der Waals surface area contributed by atoms with Crippen LogP contribution in [0.5, 0.6) is 0 Å². The number of rotatable bonds is 12. The lowest BCUT2D eigenvalue weighted by Crippen LogP contribution is -2.00. The number of benzene rings is 18. The van der Waals surface area contributed by atoms with Crippen LogP contribution in [0.15, 0.2) is 421 Å². The van der Waals surface area contributed by atoms with Gasteiger partial charge in [0.1, 0.15) is 22.3 Å². The van der Waals surface area contributed by atoms with Crippen molar-refractivity contribution in [2.45, 2.75) is 0 Å². The molecule has 0 aliphatic heterocycles. The summed E-state index contributed by atoms with van der Waals surface area (Å²) in [5.41, 5.74) is 24.4. The van der Waals surface area contributed by atoms with Crippen molar-refractivity contribution < 1.29 is 8.83 Å². The lowest BCUT2D eigenvalue weighted by Gasteiger charge is -2.13. The smallest absolute Gasteiger partial charge is 0.164 e. The molecule has 24 rings (SSSR count). The molecule has 6 heterocycles. The van der Waals surface area contributed by atoms with E-state index >= 15 is 0 Å². The number of hydrogen-bond acceptors (Lipinski definition) is 8. The van der Waals surface area contributed by atoms with Crippen molar-refractivity contribution in [1.82, 2.24) is 39.0 Å². The van der Waals surface area contributed by atoms with Crippen molar-refractivity contribution in [3.05, 3.63) is 413 Å². The van der Waals surface area contributed by atoms with Crippen molar-refractivity contribution >= 4 is 109 Å². The van der Waals surface area contributed by atoms with Crippen LogP contribution in [0.3, 0.4) is 0 Å². The zero-order valence-electron chi connectivity index (χ0n) is 64.7. The van der Waals surface area contributed by atoms with Crippen LogP contribution in [0.2, 0.25) is 0 Å². The van der Waals surface area contributed by atoms with Gasteiger partial charge in [-0.3, -0.25) is 0 Å². The molecule has 0 amide bonds. The fourth-order valence-corrected chi connectivity index (χ4v) is 17.6. The Kier molecular flexibility index (Phi) is 16.7. The molecule has 0 N–H and O–H groups in total. The summed E-state index contributed by atoms with van der Waals surface area (Å²) < 4.78 is 18.5. The minimum atomic E-state index is 0.610. The van der Waals surface area contributed by atoms with Crippen LogP contribution >= 0.6 is 0 Å². The average Bonchev–Trinajstić information content (AvgIpc) is 1.56. The van der Waals surface area contributed by atoms with Crippen LogP contribution < -0.4 is 0 Å². The summed E-state index contributed by atoms with van der Waals surface area (Å²) in [6.45, 7) is 0. The Morgan fingerprint density at radius 1 is 0.183 bits per heavy atom. The second-order valence-electron chi connectivity index (χ2n) is 30.3. The van der Waals surface area contributed by atoms with Gasteiger partial charge in [-0.05, 0) is 110 Å². The van der Waals surface area contributed by atoms with Gasteiger partial charge in [-0.25, -0.2) is 29.9 Å². The molecule has 10 heteroatoms. The largest absolute Gasteiger partial charge is 0.455 e. The summed E-state index contributed by atoms with van der Waals surface area (Å²) in [4.78, 5) is 30.1. The first-order chi connectivity index (χ1) is 59.5. The van der Waals surface area contributed by atoms with E-state index in [0.717, 1.165) is 144 Å². The summed E-state index contributed by atoms with van der Waals surface area (Å²) in [6.07, 6.45) is 0. The third-order valence-electron chi connectivity index (χ3n) is 23.3. The van der Waals surface area contributed by atoms with E-state index in [-0.39, 0.29) is 0 Å². The summed E-state index contributed by atoms with van der Waals surface area (Å²) in [7, 11) is 0. The van der Waals surface area contributed by atoms with Crippen molar-refractivity contribution in [3.8, 4) is 124 Å². The van der Waals surface area contributed by atoms with E-state index in [0.29, 0.717) is 34.9 Å². The molecule has 0 saturated carbocycles. The Morgan fingerprint density at radius 3 is 1.04 bits per heavy atom. The van der Waals surface area contributed by atoms with Gasteiger partial charge < -0.3 is 18.0 Å². The standard InChI is InChI=1S/2C55H34N4O/c1-3-14-35(15-4-1)40-19-13-20-41(34-40)55-57-53(38-17-5-2-6-18-38)56-54(58-55)39-28-26-37(27-29-39)43-32-33-48(50-46-23-10-12-25-49(46)60-52(43)50)59-47-24-11-9-22-44(47)45-31-30-36-16-7-8-21-42(36)51(45)59;1-3-13-35(14-4-1)36-23-27-40(28-24-36)54-56-53(39-16-5-2-6-17-39)57-55(58-54)41-29-25-38(26-30-41)43-32-34-48(51-45-20-10-12-22-49(45)60-52(43)51)59-46-21-11-9-19-44(46)50-42-18-8-7-15-37(42)31-33-47(50)59/h2*1-34H. The zero-order chi connectivity index (χ0) is 79.1. The van der Waals surface area contributed by atoms with Gasteiger partial charge in [0.25, 0.3) is 0 Å². The number of para-hydroxylation sites is 4. The van der Waals surface area contributed by atoms with Gasteiger partial charge in [-0.15, -0.1) is 0 Å². The van der Waals surface area contributed by atoms with E-state index in [9.17, 15) is 0 Å². The van der Waals surface area contributed by atoms with Crippen molar-refractivity contribution in [3.63, 3.8) is 0 Å². The lowest BCUT2D eigenvalue weighted by atomic mass is 9.99. The molecular weight excluding hydrogens is 1470 g/mol. The molecule has 0 fully saturated rings. The van der Waals surface area contributed by atoms with E-state index in [1.54, 1.807) is 0 Å². The van der Waals surface area contributed by atoms with Gasteiger partial charge in [0, 0.05) is 82.2 Å². The molecular formula is C110H68N8O2. The first-order valence-electron chi connectivity index (χ1n) is 40.4. The van der Waals surface area contributed by atoms with Gasteiger partial charge in [-0.2, -0.15) is 0 Å². The summed E-state index contributed by atoms with van der Waals surface area (Å²) in [6, 6.07) is 144. The molecule has 18 aromatic carbocycles. The van der Waals surface area contributed by atoms with E-state index in [2.05, 4.69) is 337 Å². The predicted octanol–water partition coefficient (Wildman–Crippen LogP) is 28.7. The lowest BCUT2D eigenvalue weighted by molar-refractivity contribution is 0.669. The van der Waals surface area contributed by atoms with Crippen LogP contribution in [0, 0.1) is 0 Å². The first-order valence-corrected chi connectivity index (χ1v) is 40.4. The Hall–Kier alpha value is -16.3. The first kappa shape index (κ1) is 69.2. The van der Waals surface area contributed by atoms with Crippen LogP contribution in [-0.4, -0.2) is 39.0 Å². The van der Waals surface area contributed by atoms with Crippen LogP contribution in [0.4, 0.5) is 0 Å².